The number of hydrogen-bond acceptors (Lipinski definition) is 2. The van der Waals surface area contributed by atoms with Crippen molar-refractivity contribution < 1.29 is 0 Å². The molecule has 0 spiro atoms. The number of hydrogen-bond donors (Lipinski definition) is 2. The molecule has 0 aliphatic rings. The molecule has 0 heterocycles. The smallest absolute Gasteiger partial charge is 0.0291 e. The second-order valence-electron chi connectivity index (χ2n) is 5.03. The molecule has 0 bridgehead atoms. The lowest BCUT2D eigenvalue weighted by molar-refractivity contribution is 0.522. The Morgan fingerprint density at radius 3 is 2.25 bits per heavy atom. The normalized spacial score (nSPS) is 12.3. The minimum absolute atomic E-state index is 0.237. The molecule has 3 N–H and O–H groups in total. The van der Waals surface area contributed by atoms with Crippen LogP contribution in [0.1, 0.15) is 23.6 Å². The first-order chi connectivity index (χ1) is 9.72. The summed E-state index contributed by atoms with van der Waals surface area (Å²) in [5.41, 5.74) is 6.90. The molecule has 20 heavy (non-hydrogen) atoms. The van der Waals surface area contributed by atoms with Gasteiger partial charge in [-0.05, 0) is 42.0 Å². The first kappa shape index (κ1) is 15.2. The standard InChI is InChI=1S/C17H21BrN2/c1-2-13-7-9-14(10-8-13)11-16(20-19)12-15-5-3-4-6-17(15)18/h3-10,16,20H,2,11-12,19H2,1H3. The topological polar surface area (TPSA) is 38.0 Å². The SMILES string of the molecule is CCc1ccc(CC(Cc2ccccc2Br)NN)cc1. The molecule has 0 amide bonds. The van der Waals surface area contributed by atoms with Gasteiger partial charge in [0.2, 0.25) is 0 Å². The van der Waals surface area contributed by atoms with Gasteiger partial charge in [-0.3, -0.25) is 11.3 Å². The monoisotopic (exact) mass is 332 g/mol. The van der Waals surface area contributed by atoms with Crippen LogP contribution in [0.25, 0.3) is 0 Å². The second-order valence-corrected chi connectivity index (χ2v) is 5.89. The lowest BCUT2D eigenvalue weighted by Gasteiger charge is -2.17. The average Bonchev–Trinajstić information content (AvgIpc) is 2.49. The van der Waals surface area contributed by atoms with E-state index >= 15 is 0 Å². The van der Waals surface area contributed by atoms with E-state index in [2.05, 4.69) is 70.7 Å². The fraction of sp³-hybridized carbons (Fsp3) is 0.294. The van der Waals surface area contributed by atoms with E-state index in [-0.39, 0.29) is 6.04 Å². The number of nitrogens with two attached hydrogens (primary N) is 1. The van der Waals surface area contributed by atoms with E-state index in [1.54, 1.807) is 0 Å². The summed E-state index contributed by atoms with van der Waals surface area (Å²) in [6.45, 7) is 2.17. The molecule has 0 aliphatic heterocycles. The van der Waals surface area contributed by atoms with Crippen molar-refractivity contribution in [1.82, 2.24) is 5.43 Å². The van der Waals surface area contributed by atoms with Crippen molar-refractivity contribution >= 4 is 15.9 Å². The van der Waals surface area contributed by atoms with Gasteiger partial charge in [0.1, 0.15) is 0 Å². The van der Waals surface area contributed by atoms with Crippen molar-refractivity contribution in [1.29, 1.82) is 0 Å². The van der Waals surface area contributed by atoms with Gasteiger partial charge in [0, 0.05) is 10.5 Å². The molecule has 0 aromatic heterocycles. The van der Waals surface area contributed by atoms with Crippen molar-refractivity contribution in [3.63, 3.8) is 0 Å². The number of benzene rings is 2. The van der Waals surface area contributed by atoms with Crippen molar-refractivity contribution in [3.8, 4) is 0 Å². The first-order valence-corrected chi connectivity index (χ1v) is 7.79. The third-order valence-electron chi connectivity index (χ3n) is 3.57. The number of hydrazine groups is 1. The van der Waals surface area contributed by atoms with Gasteiger partial charge < -0.3 is 0 Å². The molecule has 2 aromatic carbocycles. The average molecular weight is 333 g/mol. The summed E-state index contributed by atoms with van der Waals surface area (Å²) < 4.78 is 1.14. The molecule has 0 saturated heterocycles. The van der Waals surface area contributed by atoms with E-state index in [9.17, 15) is 0 Å². The van der Waals surface area contributed by atoms with E-state index in [1.165, 1.54) is 16.7 Å². The molecular weight excluding hydrogens is 312 g/mol. The summed E-state index contributed by atoms with van der Waals surface area (Å²) in [5.74, 6) is 5.71. The quantitative estimate of drug-likeness (QED) is 0.626. The Morgan fingerprint density at radius 2 is 1.65 bits per heavy atom. The third-order valence-corrected chi connectivity index (χ3v) is 4.35. The molecule has 0 radical (unpaired) electrons. The molecule has 1 atom stereocenters. The Bertz CT molecular complexity index is 537. The lowest BCUT2D eigenvalue weighted by atomic mass is 9.98. The zero-order valence-electron chi connectivity index (χ0n) is 11.8. The highest BCUT2D eigenvalue weighted by atomic mass is 79.9. The fourth-order valence-corrected chi connectivity index (χ4v) is 2.76. The van der Waals surface area contributed by atoms with Crippen molar-refractivity contribution in [2.75, 3.05) is 0 Å². The number of aryl methyl sites for hydroxylation is 1. The Kier molecular flexibility index (Phi) is 5.77. The minimum Gasteiger partial charge on any atom is -0.271 e. The Balaban J connectivity index is 2.03. The highest BCUT2D eigenvalue weighted by molar-refractivity contribution is 9.10. The summed E-state index contributed by atoms with van der Waals surface area (Å²) in [6, 6.07) is 17.3. The fourth-order valence-electron chi connectivity index (χ4n) is 2.31. The molecule has 1 unspecified atom stereocenters. The van der Waals surface area contributed by atoms with Crippen LogP contribution in [0.4, 0.5) is 0 Å². The van der Waals surface area contributed by atoms with Crippen LogP contribution in [0, 0.1) is 0 Å². The Morgan fingerprint density at radius 1 is 1.00 bits per heavy atom. The number of halogens is 1. The molecular formula is C17H21BrN2. The van der Waals surface area contributed by atoms with Crippen LogP contribution in [0.5, 0.6) is 0 Å². The lowest BCUT2D eigenvalue weighted by Crippen LogP contribution is -2.38. The molecule has 2 rings (SSSR count). The van der Waals surface area contributed by atoms with E-state index in [0.717, 1.165) is 23.7 Å². The van der Waals surface area contributed by atoms with Gasteiger partial charge in [0.05, 0.1) is 0 Å². The van der Waals surface area contributed by atoms with Gasteiger partial charge in [0.15, 0.2) is 0 Å². The Labute approximate surface area is 129 Å². The van der Waals surface area contributed by atoms with Crippen molar-refractivity contribution in [3.05, 3.63) is 69.7 Å². The van der Waals surface area contributed by atoms with Crippen molar-refractivity contribution in [2.24, 2.45) is 5.84 Å². The Hall–Kier alpha value is -1.16. The van der Waals surface area contributed by atoms with Gasteiger partial charge in [-0.15, -0.1) is 0 Å². The maximum atomic E-state index is 5.71. The maximum Gasteiger partial charge on any atom is 0.0291 e. The van der Waals surface area contributed by atoms with Crippen LogP contribution < -0.4 is 11.3 Å². The van der Waals surface area contributed by atoms with Gasteiger partial charge in [-0.1, -0.05) is 65.3 Å². The summed E-state index contributed by atoms with van der Waals surface area (Å²) in [5, 5.41) is 0. The molecule has 2 aromatic rings. The van der Waals surface area contributed by atoms with Crippen LogP contribution in [-0.4, -0.2) is 6.04 Å². The predicted molar refractivity (Wildman–Crippen MR) is 88.5 cm³/mol. The van der Waals surface area contributed by atoms with E-state index in [1.807, 2.05) is 6.07 Å². The number of rotatable bonds is 6. The maximum absolute atomic E-state index is 5.71. The first-order valence-electron chi connectivity index (χ1n) is 7.00. The highest BCUT2D eigenvalue weighted by Crippen LogP contribution is 2.18. The van der Waals surface area contributed by atoms with E-state index in [0.29, 0.717) is 0 Å². The van der Waals surface area contributed by atoms with Crippen LogP contribution in [0.3, 0.4) is 0 Å². The molecule has 0 fully saturated rings. The molecule has 3 heteroatoms. The minimum atomic E-state index is 0.237. The summed E-state index contributed by atoms with van der Waals surface area (Å²) >= 11 is 3.59. The summed E-state index contributed by atoms with van der Waals surface area (Å²) in [6.07, 6.45) is 2.92. The molecule has 0 aliphatic carbocycles. The molecule has 0 saturated carbocycles. The largest absolute Gasteiger partial charge is 0.271 e. The summed E-state index contributed by atoms with van der Waals surface area (Å²) in [4.78, 5) is 0. The van der Waals surface area contributed by atoms with Crippen LogP contribution in [0.15, 0.2) is 53.0 Å². The molecule has 106 valence electrons. The van der Waals surface area contributed by atoms with Gasteiger partial charge in [0.25, 0.3) is 0 Å². The van der Waals surface area contributed by atoms with E-state index in [4.69, 9.17) is 5.84 Å². The predicted octanol–water partition coefficient (Wildman–Crippen LogP) is 3.63. The van der Waals surface area contributed by atoms with E-state index < -0.39 is 0 Å². The van der Waals surface area contributed by atoms with Gasteiger partial charge in [-0.2, -0.15) is 0 Å². The van der Waals surface area contributed by atoms with Crippen molar-refractivity contribution in [2.45, 2.75) is 32.2 Å². The number of nitrogens with one attached hydrogen (secondary N) is 1. The second kappa shape index (κ2) is 7.58. The van der Waals surface area contributed by atoms with Crippen LogP contribution in [-0.2, 0) is 19.3 Å². The third kappa shape index (κ3) is 4.17. The van der Waals surface area contributed by atoms with Crippen LogP contribution >= 0.6 is 15.9 Å². The van der Waals surface area contributed by atoms with Gasteiger partial charge >= 0.3 is 0 Å². The zero-order valence-corrected chi connectivity index (χ0v) is 13.4. The van der Waals surface area contributed by atoms with Gasteiger partial charge in [-0.25, -0.2) is 0 Å². The molecule has 2 nitrogen and oxygen atoms in total. The summed E-state index contributed by atoms with van der Waals surface area (Å²) in [7, 11) is 0. The van der Waals surface area contributed by atoms with Crippen LogP contribution in [0.2, 0.25) is 0 Å². The zero-order chi connectivity index (χ0) is 14.4. The highest BCUT2D eigenvalue weighted by Gasteiger charge is 2.10.